The lowest BCUT2D eigenvalue weighted by Crippen LogP contribution is -2.35. The number of aliphatic hydroxyl groups excluding tert-OH is 1. The molecule has 20 heavy (non-hydrogen) atoms. The van der Waals surface area contributed by atoms with Crippen molar-refractivity contribution in [1.82, 2.24) is 0 Å². The van der Waals surface area contributed by atoms with Crippen molar-refractivity contribution in [2.24, 2.45) is 0 Å². The molecule has 1 N–H and O–H groups in total. The zero-order valence-corrected chi connectivity index (χ0v) is 12.6. The Kier molecular flexibility index (Phi) is 9.54. The fourth-order valence-corrected chi connectivity index (χ4v) is 2.22. The van der Waals surface area contributed by atoms with Gasteiger partial charge in [-0.05, 0) is 18.6 Å². The minimum absolute atomic E-state index is 0.195. The highest BCUT2D eigenvalue weighted by Gasteiger charge is 2.24. The molecule has 0 unspecified atom stereocenters. The normalized spacial score (nSPS) is 22.4. The lowest BCUT2D eigenvalue weighted by molar-refractivity contribution is -0.168. The number of ether oxygens (including phenoxy) is 2. The summed E-state index contributed by atoms with van der Waals surface area (Å²) in [5.74, 6) is -0.195. The number of aliphatic hydroxyl groups is 1. The molecule has 0 fully saturated rings. The Morgan fingerprint density at radius 1 is 1.15 bits per heavy atom. The Labute approximate surface area is 122 Å². The van der Waals surface area contributed by atoms with E-state index < -0.39 is 12.4 Å². The maximum atomic E-state index is 11.3. The fourth-order valence-electron chi connectivity index (χ4n) is 2.22. The number of ketones is 1. The van der Waals surface area contributed by atoms with E-state index in [-0.39, 0.29) is 12.4 Å². The molecule has 0 aromatic heterocycles. The van der Waals surface area contributed by atoms with Crippen molar-refractivity contribution in [2.75, 3.05) is 13.2 Å². The van der Waals surface area contributed by atoms with Crippen molar-refractivity contribution in [2.45, 2.75) is 70.7 Å². The minimum atomic E-state index is -0.761. The summed E-state index contributed by atoms with van der Waals surface area (Å²) in [6.07, 6.45) is 11.9. The molecule has 1 rings (SSSR count). The van der Waals surface area contributed by atoms with E-state index in [1.54, 1.807) is 6.08 Å². The van der Waals surface area contributed by atoms with Gasteiger partial charge in [-0.2, -0.15) is 0 Å². The van der Waals surface area contributed by atoms with Crippen molar-refractivity contribution in [1.29, 1.82) is 0 Å². The minimum Gasteiger partial charge on any atom is -0.393 e. The van der Waals surface area contributed by atoms with E-state index in [1.807, 2.05) is 0 Å². The summed E-state index contributed by atoms with van der Waals surface area (Å²) in [7, 11) is 0. The van der Waals surface area contributed by atoms with Crippen LogP contribution in [-0.2, 0) is 14.3 Å². The fraction of sp³-hybridized carbons (Fsp3) is 0.812. The van der Waals surface area contributed by atoms with Crippen LogP contribution in [0.1, 0.15) is 58.3 Å². The lowest BCUT2D eigenvalue weighted by Gasteiger charge is -2.23. The zero-order valence-electron chi connectivity index (χ0n) is 12.6. The first-order valence-electron chi connectivity index (χ1n) is 7.88. The van der Waals surface area contributed by atoms with Crippen LogP contribution < -0.4 is 0 Å². The molecule has 0 saturated carbocycles. The van der Waals surface area contributed by atoms with Gasteiger partial charge in [-0.3, -0.25) is 4.79 Å². The molecule has 1 heterocycles. The smallest absolute Gasteiger partial charge is 0.186 e. The van der Waals surface area contributed by atoms with Gasteiger partial charge in [0.2, 0.25) is 0 Å². The van der Waals surface area contributed by atoms with Gasteiger partial charge in [-0.25, -0.2) is 0 Å². The van der Waals surface area contributed by atoms with Gasteiger partial charge in [-0.1, -0.05) is 51.9 Å². The van der Waals surface area contributed by atoms with Crippen molar-refractivity contribution < 1.29 is 19.4 Å². The predicted octanol–water partition coefficient (Wildman–Crippen LogP) is 2.99. The van der Waals surface area contributed by atoms with E-state index in [0.29, 0.717) is 6.61 Å². The van der Waals surface area contributed by atoms with E-state index in [9.17, 15) is 4.79 Å². The van der Waals surface area contributed by atoms with E-state index in [1.165, 1.54) is 51.0 Å². The quantitative estimate of drug-likeness (QED) is 0.593. The first-order valence-corrected chi connectivity index (χ1v) is 7.88. The van der Waals surface area contributed by atoms with Gasteiger partial charge in [0, 0.05) is 0 Å². The van der Waals surface area contributed by atoms with Gasteiger partial charge in [0.1, 0.15) is 6.10 Å². The molecule has 1 aliphatic heterocycles. The first kappa shape index (κ1) is 17.3. The average molecular weight is 284 g/mol. The molecule has 0 bridgehead atoms. The summed E-state index contributed by atoms with van der Waals surface area (Å²) in [5.41, 5.74) is 0. The van der Waals surface area contributed by atoms with Gasteiger partial charge in [-0.15, -0.1) is 0 Å². The lowest BCUT2D eigenvalue weighted by atomic mass is 10.1. The Morgan fingerprint density at radius 2 is 1.80 bits per heavy atom. The van der Waals surface area contributed by atoms with Gasteiger partial charge >= 0.3 is 0 Å². The van der Waals surface area contributed by atoms with Crippen LogP contribution >= 0.6 is 0 Å². The molecule has 4 nitrogen and oxygen atoms in total. The highest BCUT2D eigenvalue weighted by molar-refractivity contribution is 5.94. The van der Waals surface area contributed by atoms with Crippen LogP contribution in [0.2, 0.25) is 0 Å². The molecular formula is C16H28O4. The van der Waals surface area contributed by atoms with Crippen LogP contribution in [0.5, 0.6) is 0 Å². The molecular weight excluding hydrogens is 256 g/mol. The van der Waals surface area contributed by atoms with Gasteiger partial charge < -0.3 is 14.6 Å². The molecule has 2 atom stereocenters. The Morgan fingerprint density at radius 3 is 2.45 bits per heavy atom. The molecule has 0 aromatic carbocycles. The van der Waals surface area contributed by atoms with Crippen LogP contribution in [0, 0.1) is 0 Å². The van der Waals surface area contributed by atoms with E-state index in [0.717, 1.165) is 6.42 Å². The van der Waals surface area contributed by atoms with Crippen LogP contribution in [0.4, 0.5) is 0 Å². The molecule has 1 aliphatic rings. The zero-order chi connectivity index (χ0) is 14.6. The summed E-state index contributed by atoms with van der Waals surface area (Å²) in [6, 6.07) is 0. The molecule has 0 amide bonds. The van der Waals surface area contributed by atoms with Gasteiger partial charge in [0.15, 0.2) is 12.1 Å². The second-order valence-electron chi connectivity index (χ2n) is 5.28. The third-order valence-electron chi connectivity index (χ3n) is 3.48. The summed E-state index contributed by atoms with van der Waals surface area (Å²) >= 11 is 0. The molecule has 4 heteroatoms. The monoisotopic (exact) mass is 284 g/mol. The largest absolute Gasteiger partial charge is 0.393 e. The SMILES string of the molecule is CCCCCCCCCCO[C@@H]1C=CC(=O)[C@@H](CO)O1. The predicted molar refractivity (Wildman–Crippen MR) is 78.5 cm³/mol. The highest BCUT2D eigenvalue weighted by atomic mass is 16.7. The van der Waals surface area contributed by atoms with Crippen molar-refractivity contribution in [3.8, 4) is 0 Å². The van der Waals surface area contributed by atoms with E-state index in [4.69, 9.17) is 14.6 Å². The average Bonchev–Trinajstić information content (AvgIpc) is 2.47. The summed E-state index contributed by atoms with van der Waals surface area (Å²) in [5, 5.41) is 8.97. The molecule has 0 saturated heterocycles. The van der Waals surface area contributed by atoms with E-state index in [2.05, 4.69) is 6.92 Å². The molecule has 0 aromatic rings. The van der Waals surface area contributed by atoms with Crippen LogP contribution in [0.15, 0.2) is 12.2 Å². The number of rotatable bonds is 11. The van der Waals surface area contributed by atoms with Crippen LogP contribution in [0.25, 0.3) is 0 Å². The highest BCUT2D eigenvalue weighted by Crippen LogP contribution is 2.12. The number of carbonyl (C=O) groups excluding carboxylic acids is 1. The molecule has 0 aliphatic carbocycles. The standard InChI is InChI=1S/C16H28O4/c1-2-3-4-5-6-7-8-9-12-19-16-11-10-14(18)15(13-17)20-16/h10-11,15-17H,2-9,12-13H2,1H3/t15-,16+/m1/s1. The van der Waals surface area contributed by atoms with Crippen molar-refractivity contribution in [3.05, 3.63) is 12.2 Å². The number of hydrogen-bond donors (Lipinski definition) is 1. The number of hydrogen-bond acceptors (Lipinski definition) is 4. The molecule has 116 valence electrons. The summed E-state index contributed by atoms with van der Waals surface area (Å²) in [4.78, 5) is 11.3. The van der Waals surface area contributed by atoms with Gasteiger partial charge in [0.25, 0.3) is 0 Å². The Hall–Kier alpha value is -0.710. The topological polar surface area (TPSA) is 55.8 Å². The van der Waals surface area contributed by atoms with E-state index >= 15 is 0 Å². The maximum absolute atomic E-state index is 11.3. The Bertz CT molecular complexity index is 288. The Balaban J connectivity index is 1.96. The first-order chi connectivity index (χ1) is 9.77. The van der Waals surface area contributed by atoms with Crippen LogP contribution in [-0.4, -0.2) is 36.5 Å². The maximum Gasteiger partial charge on any atom is 0.186 e. The van der Waals surface area contributed by atoms with Crippen molar-refractivity contribution in [3.63, 3.8) is 0 Å². The molecule has 0 radical (unpaired) electrons. The molecule has 0 spiro atoms. The third-order valence-corrected chi connectivity index (χ3v) is 3.48. The summed E-state index contributed by atoms with van der Waals surface area (Å²) in [6.45, 7) is 2.57. The van der Waals surface area contributed by atoms with Crippen LogP contribution in [0.3, 0.4) is 0 Å². The summed E-state index contributed by atoms with van der Waals surface area (Å²) < 4.78 is 10.8. The number of unbranched alkanes of at least 4 members (excludes halogenated alkanes) is 7. The van der Waals surface area contributed by atoms with Gasteiger partial charge in [0.05, 0.1) is 13.2 Å². The second kappa shape index (κ2) is 11.0. The van der Waals surface area contributed by atoms with Crippen molar-refractivity contribution >= 4 is 5.78 Å². The second-order valence-corrected chi connectivity index (χ2v) is 5.28. The third kappa shape index (κ3) is 7.17. The number of carbonyl (C=O) groups is 1.